The highest BCUT2D eigenvalue weighted by Crippen LogP contribution is 2.31. The lowest BCUT2D eigenvalue weighted by molar-refractivity contribution is 0.0496. The molecule has 31 heavy (non-hydrogen) atoms. The van der Waals surface area contributed by atoms with Crippen LogP contribution < -0.4 is 0 Å². The topological polar surface area (TPSA) is 70.8 Å². The van der Waals surface area contributed by atoms with Crippen LogP contribution in [0.1, 0.15) is 81.6 Å². The third-order valence-corrected chi connectivity index (χ3v) is 6.44. The largest absolute Gasteiger partial charge is 0.455 e. The van der Waals surface area contributed by atoms with Gasteiger partial charge in [0, 0.05) is 49.6 Å². The maximum atomic E-state index is 13.5. The number of aryl methyl sites for hydroxylation is 1. The van der Waals surface area contributed by atoms with E-state index in [0.29, 0.717) is 60.7 Å². The second kappa shape index (κ2) is 9.08. The number of benzene rings is 1. The number of nitrogens with zero attached hydrogens (tertiary/aromatic N) is 2. The molecular formula is C25H30N2O4. The van der Waals surface area contributed by atoms with E-state index in [4.69, 9.17) is 4.42 Å². The molecule has 0 bridgehead atoms. The van der Waals surface area contributed by atoms with Crippen molar-refractivity contribution in [1.82, 2.24) is 9.80 Å². The highest BCUT2D eigenvalue weighted by molar-refractivity contribution is 6.03. The molecule has 1 aliphatic heterocycles. The lowest BCUT2D eigenvalue weighted by Gasteiger charge is -2.38. The summed E-state index contributed by atoms with van der Waals surface area (Å²) in [6.45, 7) is 5.76. The van der Waals surface area contributed by atoms with E-state index >= 15 is 0 Å². The van der Waals surface area contributed by atoms with Crippen molar-refractivity contribution >= 4 is 17.6 Å². The summed E-state index contributed by atoms with van der Waals surface area (Å²) in [5.74, 6) is 0.972. The summed E-state index contributed by atoms with van der Waals surface area (Å²) >= 11 is 0. The van der Waals surface area contributed by atoms with Gasteiger partial charge in [-0.1, -0.05) is 25.1 Å². The molecule has 1 fully saturated rings. The predicted octanol–water partition coefficient (Wildman–Crippen LogP) is 4.26. The molecule has 1 aromatic heterocycles. The minimum absolute atomic E-state index is 0.0421. The molecule has 1 saturated heterocycles. The van der Waals surface area contributed by atoms with Crippen LogP contribution in [0.2, 0.25) is 0 Å². The molecule has 0 atom stereocenters. The molecule has 2 amide bonds. The third kappa shape index (κ3) is 4.16. The Morgan fingerprint density at radius 1 is 1.13 bits per heavy atom. The van der Waals surface area contributed by atoms with Gasteiger partial charge in [-0.2, -0.15) is 0 Å². The monoisotopic (exact) mass is 422 g/mol. The maximum absolute atomic E-state index is 13.5. The minimum atomic E-state index is -0.130. The van der Waals surface area contributed by atoms with Gasteiger partial charge in [0.05, 0.1) is 5.56 Å². The number of likely N-dealkylation sites (tertiary alicyclic amines) is 1. The van der Waals surface area contributed by atoms with E-state index in [1.54, 1.807) is 0 Å². The zero-order chi connectivity index (χ0) is 22.0. The first kappa shape index (κ1) is 21.3. The first-order valence-corrected chi connectivity index (χ1v) is 11.3. The molecule has 164 valence electrons. The zero-order valence-electron chi connectivity index (χ0n) is 18.4. The number of amides is 2. The Kier molecular flexibility index (Phi) is 6.25. The fourth-order valence-corrected chi connectivity index (χ4v) is 4.82. The van der Waals surface area contributed by atoms with Gasteiger partial charge in [-0.25, -0.2) is 0 Å². The van der Waals surface area contributed by atoms with Crippen LogP contribution in [0.5, 0.6) is 0 Å². The molecule has 0 saturated carbocycles. The summed E-state index contributed by atoms with van der Waals surface area (Å²) in [7, 11) is 0. The highest BCUT2D eigenvalue weighted by atomic mass is 16.4. The number of piperidine rings is 1. The molecule has 0 radical (unpaired) electrons. The van der Waals surface area contributed by atoms with Gasteiger partial charge in [-0.15, -0.1) is 0 Å². The molecular weight excluding hydrogens is 392 g/mol. The number of furan rings is 1. The maximum Gasteiger partial charge on any atom is 0.290 e. The molecule has 0 unspecified atom stereocenters. The van der Waals surface area contributed by atoms with Gasteiger partial charge < -0.3 is 14.2 Å². The Bertz CT molecular complexity index is 971. The van der Waals surface area contributed by atoms with Crippen LogP contribution in [0.15, 0.2) is 34.7 Å². The van der Waals surface area contributed by atoms with Crippen LogP contribution in [0.25, 0.3) is 0 Å². The molecule has 1 aromatic carbocycles. The average molecular weight is 423 g/mol. The lowest BCUT2D eigenvalue weighted by Crippen LogP contribution is -2.49. The summed E-state index contributed by atoms with van der Waals surface area (Å²) in [4.78, 5) is 42.3. The number of fused-ring (bicyclic) bond motifs is 1. The van der Waals surface area contributed by atoms with E-state index in [0.717, 1.165) is 25.7 Å². The smallest absolute Gasteiger partial charge is 0.290 e. The Hall–Kier alpha value is -2.89. The van der Waals surface area contributed by atoms with Crippen molar-refractivity contribution < 1.29 is 18.8 Å². The van der Waals surface area contributed by atoms with E-state index < -0.39 is 0 Å². The van der Waals surface area contributed by atoms with Gasteiger partial charge in [0.25, 0.3) is 11.8 Å². The molecule has 1 aliphatic carbocycles. The minimum Gasteiger partial charge on any atom is -0.455 e. The summed E-state index contributed by atoms with van der Waals surface area (Å²) < 4.78 is 5.93. The Morgan fingerprint density at radius 2 is 1.84 bits per heavy atom. The Labute approximate surface area is 183 Å². The predicted molar refractivity (Wildman–Crippen MR) is 117 cm³/mol. The van der Waals surface area contributed by atoms with E-state index in [9.17, 15) is 14.4 Å². The Morgan fingerprint density at radius 3 is 2.48 bits per heavy atom. The number of carbonyl (C=O) groups is 3. The van der Waals surface area contributed by atoms with E-state index in [1.165, 1.54) is 0 Å². The molecule has 0 spiro atoms. The zero-order valence-corrected chi connectivity index (χ0v) is 18.4. The van der Waals surface area contributed by atoms with Crippen LogP contribution in [0, 0.1) is 6.92 Å². The number of rotatable bonds is 5. The van der Waals surface area contributed by atoms with Crippen LogP contribution in [0.4, 0.5) is 0 Å². The summed E-state index contributed by atoms with van der Waals surface area (Å²) in [5.41, 5.74) is 2.00. The van der Waals surface area contributed by atoms with Crippen molar-refractivity contribution in [3.8, 4) is 0 Å². The fraction of sp³-hybridized carbons (Fsp3) is 0.480. The summed E-state index contributed by atoms with van der Waals surface area (Å²) in [6, 6.07) is 9.38. The van der Waals surface area contributed by atoms with Gasteiger partial charge in [-0.05, 0) is 44.7 Å². The Balaban J connectivity index is 1.48. The van der Waals surface area contributed by atoms with Crippen LogP contribution in [-0.4, -0.2) is 53.1 Å². The molecule has 2 aliphatic rings. The van der Waals surface area contributed by atoms with Gasteiger partial charge in [0.15, 0.2) is 11.5 Å². The van der Waals surface area contributed by atoms with Crippen molar-refractivity contribution in [2.75, 3.05) is 19.6 Å². The average Bonchev–Trinajstić information content (AvgIpc) is 3.15. The lowest BCUT2D eigenvalue weighted by atomic mass is 9.93. The molecule has 2 aromatic rings. The molecule has 2 heterocycles. The summed E-state index contributed by atoms with van der Waals surface area (Å²) in [6.07, 6.45) is 4.33. The van der Waals surface area contributed by atoms with Gasteiger partial charge in [-0.3, -0.25) is 14.4 Å². The number of Topliss-reactive ketones (excluding diaryl/α,β-unsaturated/α-hetero) is 1. The quantitative estimate of drug-likeness (QED) is 0.722. The normalized spacial score (nSPS) is 16.8. The van der Waals surface area contributed by atoms with Crippen molar-refractivity contribution in [1.29, 1.82) is 0 Å². The standard InChI is InChI=1S/C25H30N2O4/c1-3-14-27(25(30)23-17(2)22-20(28)10-7-11-21(22)31-23)19-12-15-26(16-13-19)24(29)18-8-5-4-6-9-18/h4-6,8-9,19H,3,7,10-16H2,1-2H3. The number of hydrogen-bond acceptors (Lipinski definition) is 4. The molecule has 6 nitrogen and oxygen atoms in total. The van der Waals surface area contributed by atoms with E-state index in [1.807, 2.05) is 47.1 Å². The van der Waals surface area contributed by atoms with Gasteiger partial charge >= 0.3 is 0 Å². The highest BCUT2D eigenvalue weighted by Gasteiger charge is 2.34. The number of ketones is 1. The number of hydrogen-bond donors (Lipinski definition) is 0. The summed E-state index contributed by atoms with van der Waals surface area (Å²) in [5, 5.41) is 0. The van der Waals surface area contributed by atoms with Crippen molar-refractivity contribution in [2.45, 2.75) is 58.4 Å². The SMILES string of the molecule is CCCN(C(=O)c1oc2c(c1C)C(=O)CCC2)C1CCN(C(=O)c2ccccc2)CC1. The molecule has 0 N–H and O–H groups in total. The van der Waals surface area contributed by atoms with Crippen LogP contribution >= 0.6 is 0 Å². The van der Waals surface area contributed by atoms with Crippen LogP contribution in [-0.2, 0) is 6.42 Å². The third-order valence-electron chi connectivity index (χ3n) is 6.44. The van der Waals surface area contributed by atoms with Gasteiger partial charge in [0.1, 0.15) is 5.76 Å². The van der Waals surface area contributed by atoms with E-state index in [-0.39, 0.29) is 23.6 Å². The van der Waals surface area contributed by atoms with Gasteiger partial charge in [0.2, 0.25) is 0 Å². The number of carbonyl (C=O) groups excluding carboxylic acids is 3. The molecule has 6 heteroatoms. The van der Waals surface area contributed by atoms with Crippen molar-refractivity contribution in [2.24, 2.45) is 0 Å². The van der Waals surface area contributed by atoms with E-state index in [2.05, 4.69) is 6.92 Å². The first-order chi connectivity index (χ1) is 15.0. The fourth-order valence-electron chi connectivity index (χ4n) is 4.82. The van der Waals surface area contributed by atoms with Crippen molar-refractivity contribution in [3.63, 3.8) is 0 Å². The van der Waals surface area contributed by atoms with Crippen molar-refractivity contribution in [3.05, 3.63) is 58.5 Å². The van der Waals surface area contributed by atoms with Crippen LogP contribution in [0.3, 0.4) is 0 Å². The molecule has 4 rings (SSSR count). The first-order valence-electron chi connectivity index (χ1n) is 11.3. The second-order valence-corrected chi connectivity index (χ2v) is 8.52. The second-order valence-electron chi connectivity index (χ2n) is 8.52.